The summed E-state index contributed by atoms with van der Waals surface area (Å²) >= 11 is 1.73. The Morgan fingerprint density at radius 3 is 2.76 bits per heavy atom. The molecule has 0 radical (unpaired) electrons. The van der Waals surface area contributed by atoms with E-state index >= 15 is 0 Å². The van der Waals surface area contributed by atoms with Crippen LogP contribution >= 0.6 is 11.3 Å². The van der Waals surface area contributed by atoms with Crippen LogP contribution in [0.4, 0.5) is 0 Å². The van der Waals surface area contributed by atoms with Crippen LogP contribution in [-0.2, 0) is 22.0 Å². The van der Waals surface area contributed by atoms with Crippen LogP contribution in [0.25, 0.3) is 0 Å². The van der Waals surface area contributed by atoms with Crippen molar-refractivity contribution >= 4 is 21.4 Å². The Bertz CT molecular complexity index is 575. The molecule has 2 rings (SSSR count). The molecule has 1 fully saturated rings. The number of nitrogens with one attached hydrogen (secondary N) is 1. The summed E-state index contributed by atoms with van der Waals surface area (Å²) in [6.07, 6.45) is 2.64. The molecule has 21 heavy (non-hydrogen) atoms. The summed E-state index contributed by atoms with van der Waals surface area (Å²) in [6, 6.07) is 0. The zero-order valence-corrected chi connectivity index (χ0v) is 14.9. The highest BCUT2D eigenvalue weighted by molar-refractivity contribution is 7.90. The van der Waals surface area contributed by atoms with Crippen LogP contribution in [-0.4, -0.2) is 43.2 Å². The fourth-order valence-electron chi connectivity index (χ4n) is 2.46. The molecular formula is C14H25N3O2S2. The number of hydrogen-bond acceptors (Lipinski definition) is 5. The number of thiazole rings is 1. The van der Waals surface area contributed by atoms with Gasteiger partial charge in [0.15, 0.2) is 0 Å². The van der Waals surface area contributed by atoms with E-state index in [0.29, 0.717) is 19.5 Å². The molecular weight excluding hydrogens is 306 g/mol. The van der Waals surface area contributed by atoms with Crippen LogP contribution in [0.15, 0.2) is 6.20 Å². The van der Waals surface area contributed by atoms with Crippen LogP contribution in [0, 0.1) is 0 Å². The average molecular weight is 332 g/mol. The van der Waals surface area contributed by atoms with Gasteiger partial charge in [0.05, 0.1) is 10.3 Å². The molecule has 1 saturated heterocycles. The molecule has 0 bridgehead atoms. The largest absolute Gasteiger partial charge is 0.297 e. The fraction of sp³-hybridized carbons (Fsp3) is 0.786. The van der Waals surface area contributed by atoms with E-state index in [2.05, 4.69) is 35.4 Å². The van der Waals surface area contributed by atoms with Gasteiger partial charge in [-0.2, -0.15) is 0 Å². The van der Waals surface area contributed by atoms with Crippen LogP contribution < -0.4 is 4.72 Å². The molecule has 0 spiro atoms. The van der Waals surface area contributed by atoms with Gasteiger partial charge in [0, 0.05) is 36.1 Å². The lowest BCUT2D eigenvalue weighted by Crippen LogP contribution is -2.36. The SMILES string of the molecule is CCNS(=O)(=O)[C@@H]1CCN(Cc2cnc(C(C)(C)C)s2)C1. The minimum atomic E-state index is -3.16. The van der Waals surface area contributed by atoms with Gasteiger partial charge in [-0.15, -0.1) is 11.3 Å². The number of likely N-dealkylation sites (tertiary alicyclic amines) is 1. The molecule has 0 aromatic carbocycles. The highest BCUT2D eigenvalue weighted by Gasteiger charge is 2.32. The topological polar surface area (TPSA) is 62.3 Å². The maximum absolute atomic E-state index is 12.0. The molecule has 1 aliphatic heterocycles. The highest BCUT2D eigenvalue weighted by atomic mass is 32.2. The van der Waals surface area contributed by atoms with E-state index in [1.165, 1.54) is 4.88 Å². The van der Waals surface area contributed by atoms with Gasteiger partial charge in [-0.3, -0.25) is 4.90 Å². The second-order valence-electron chi connectivity index (χ2n) is 6.57. The van der Waals surface area contributed by atoms with Crippen molar-refractivity contribution in [1.82, 2.24) is 14.6 Å². The minimum Gasteiger partial charge on any atom is -0.297 e. The van der Waals surface area contributed by atoms with E-state index in [1.807, 2.05) is 13.1 Å². The molecule has 0 saturated carbocycles. The lowest BCUT2D eigenvalue weighted by molar-refractivity contribution is 0.334. The van der Waals surface area contributed by atoms with Crippen LogP contribution in [0.2, 0.25) is 0 Å². The normalized spacial score (nSPS) is 21.0. The Hall–Kier alpha value is -0.500. The van der Waals surface area contributed by atoms with Gasteiger partial charge in [-0.25, -0.2) is 18.1 Å². The van der Waals surface area contributed by atoms with E-state index in [4.69, 9.17) is 0 Å². The molecule has 1 atom stereocenters. The summed E-state index contributed by atoms with van der Waals surface area (Å²) in [6.45, 7) is 11.0. The third-order valence-corrected chi connectivity index (χ3v) is 6.95. The van der Waals surface area contributed by atoms with Crippen LogP contribution in [0.5, 0.6) is 0 Å². The number of aromatic nitrogens is 1. The van der Waals surface area contributed by atoms with Gasteiger partial charge >= 0.3 is 0 Å². The van der Waals surface area contributed by atoms with Crippen molar-refractivity contribution in [2.45, 2.75) is 51.3 Å². The van der Waals surface area contributed by atoms with Gasteiger partial charge in [0.1, 0.15) is 0 Å². The zero-order valence-electron chi connectivity index (χ0n) is 13.2. The number of rotatable bonds is 5. The average Bonchev–Trinajstić information content (AvgIpc) is 2.98. The van der Waals surface area contributed by atoms with Crippen molar-refractivity contribution in [2.75, 3.05) is 19.6 Å². The lowest BCUT2D eigenvalue weighted by Gasteiger charge is -2.16. The second kappa shape index (κ2) is 6.32. The van der Waals surface area contributed by atoms with Gasteiger partial charge < -0.3 is 0 Å². The van der Waals surface area contributed by atoms with Crippen LogP contribution in [0.3, 0.4) is 0 Å². The molecule has 0 amide bonds. The fourth-order valence-corrected chi connectivity index (χ4v) is 4.93. The van der Waals surface area contributed by atoms with E-state index < -0.39 is 10.0 Å². The van der Waals surface area contributed by atoms with Crippen molar-refractivity contribution in [1.29, 1.82) is 0 Å². The Morgan fingerprint density at radius 1 is 1.48 bits per heavy atom. The van der Waals surface area contributed by atoms with E-state index in [0.717, 1.165) is 18.1 Å². The molecule has 0 unspecified atom stereocenters. The van der Waals surface area contributed by atoms with Gasteiger partial charge in [0.25, 0.3) is 0 Å². The first kappa shape index (κ1) is 16.9. The standard InChI is InChI=1S/C14H25N3O2S2/c1-5-16-21(18,19)12-6-7-17(10-12)9-11-8-15-13(20-11)14(2,3)4/h8,12,16H,5-7,9-10H2,1-4H3/t12-/m1/s1. The predicted octanol–water partition coefficient (Wildman–Crippen LogP) is 1.95. The predicted molar refractivity (Wildman–Crippen MR) is 87.1 cm³/mol. The van der Waals surface area contributed by atoms with Gasteiger partial charge in [-0.1, -0.05) is 27.7 Å². The smallest absolute Gasteiger partial charge is 0.215 e. The van der Waals surface area contributed by atoms with Crippen molar-refractivity contribution in [3.05, 3.63) is 16.1 Å². The summed E-state index contributed by atoms with van der Waals surface area (Å²) in [5.41, 5.74) is 0.0743. The Balaban J connectivity index is 1.96. The second-order valence-corrected chi connectivity index (χ2v) is 9.73. The first-order valence-electron chi connectivity index (χ1n) is 7.38. The summed E-state index contributed by atoms with van der Waals surface area (Å²) in [7, 11) is -3.16. The van der Waals surface area contributed by atoms with Crippen LogP contribution in [0.1, 0.15) is 44.0 Å². The van der Waals surface area contributed by atoms with E-state index in [1.54, 1.807) is 11.3 Å². The van der Waals surface area contributed by atoms with E-state index in [9.17, 15) is 8.42 Å². The number of hydrogen-bond donors (Lipinski definition) is 1. The lowest BCUT2D eigenvalue weighted by atomic mass is 9.98. The summed E-state index contributed by atoms with van der Waals surface area (Å²) < 4.78 is 26.6. The first-order chi connectivity index (χ1) is 9.72. The number of nitrogens with zero attached hydrogens (tertiary/aromatic N) is 2. The molecule has 2 heterocycles. The Labute approximate surface area is 131 Å². The van der Waals surface area contributed by atoms with Crippen molar-refractivity contribution < 1.29 is 8.42 Å². The summed E-state index contributed by atoms with van der Waals surface area (Å²) in [5.74, 6) is 0. The monoisotopic (exact) mass is 331 g/mol. The Kier molecular flexibility index (Phi) is 5.07. The quantitative estimate of drug-likeness (QED) is 0.896. The molecule has 1 aromatic rings. The highest BCUT2D eigenvalue weighted by Crippen LogP contribution is 2.28. The van der Waals surface area contributed by atoms with Gasteiger partial charge in [-0.05, 0) is 13.0 Å². The zero-order chi connectivity index (χ0) is 15.7. The molecule has 0 aliphatic carbocycles. The van der Waals surface area contributed by atoms with Crippen molar-refractivity contribution in [3.63, 3.8) is 0 Å². The summed E-state index contributed by atoms with van der Waals surface area (Å²) in [5, 5.41) is 0.848. The first-order valence-corrected chi connectivity index (χ1v) is 9.74. The maximum Gasteiger partial charge on any atom is 0.215 e. The molecule has 7 heteroatoms. The van der Waals surface area contributed by atoms with Crippen molar-refractivity contribution in [2.24, 2.45) is 0 Å². The molecule has 120 valence electrons. The van der Waals surface area contributed by atoms with Gasteiger partial charge in [0.2, 0.25) is 10.0 Å². The maximum atomic E-state index is 12.0. The third-order valence-electron chi connectivity index (χ3n) is 3.59. The molecule has 1 aromatic heterocycles. The molecule has 1 N–H and O–H groups in total. The molecule has 5 nitrogen and oxygen atoms in total. The summed E-state index contributed by atoms with van der Waals surface area (Å²) in [4.78, 5) is 7.91. The minimum absolute atomic E-state index is 0.0743. The number of sulfonamides is 1. The Morgan fingerprint density at radius 2 is 2.19 bits per heavy atom. The third kappa shape index (κ3) is 4.25. The van der Waals surface area contributed by atoms with E-state index in [-0.39, 0.29) is 10.7 Å². The van der Waals surface area contributed by atoms with Crippen molar-refractivity contribution in [3.8, 4) is 0 Å². The molecule has 1 aliphatic rings.